The summed E-state index contributed by atoms with van der Waals surface area (Å²) in [6.07, 6.45) is 1.67. The van der Waals surface area contributed by atoms with Gasteiger partial charge in [0.25, 0.3) is 0 Å². The molecule has 0 aromatic carbocycles. The van der Waals surface area contributed by atoms with Crippen LogP contribution in [0, 0.1) is 0 Å². The summed E-state index contributed by atoms with van der Waals surface area (Å²) in [4.78, 5) is 12.8. The van der Waals surface area contributed by atoms with Crippen LogP contribution in [-0.4, -0.2) is 37.5 Å². The van der Waals surface area contributed by atoms with Gasteiger partial charge in [0.1, 0.15) is 0 Å². The first-order chi connectivity index (χ1) is 4.80. The fraction of sp³-hybridized carbons (Fsp3) is 0.857. The van der Waals surface area contributed by atoms with E-state index in [0.29, 0.717) is 6.42 Å². The molecule has 1 fully saturated rings. The van der Waals surface area contributed by atoms with Crippen molar-refractivity contribution in [2.24, 2.45) is 0 Å². The largest absolute Gasteiger partial charge is 0.344 e. The minimum atomic E-state index is 0.279. The number of hydrogen-bond donors (Lipinski definition) is 1. The summed E-state index contributed by atoms with van der Waals surface area (Å²) in [6, 6.07) is 0. The van der Waals surface area contributed by atoms with Crippen molar-refractivity contribution in [1.29, 1.82) is 0 Å². The zero-order valence-electron chi connectivity index (χ0n) is 6.39. The summed E-state index contributed by atoms with van der Waals surface area (Å²) in [7, 11) is 1.86. The number of amides is 1. The molecule has 0 unspecified atom stereocenters. The first kappa shape index (κ1) is 7.54. The molecule has 0 aromatic rings. The van der Waals surface area contributed by atoms with Crippen LogP contribution in [0.3, 0.4) is 0 Å². The van der Waals surface area contributed by atoms with Gasteiger partial charge in [0.05, 0.1) is 0 Å². The van der Waals surface area contributed by atoms with Crippen LogP contribution >= 0.6 is 0 Å². The van der Waals surface area contributed by atoms with Gasteiger partial charge in [-0.05, 0) is 13.0 Å². The van der Waals surface area contributed by atoms with Gasteiger partial charge in [0, 0.05) is 26.6 Å². The summed E-state index contributed by atoms with van der Waals surface area (Å²) in [5, 5.41) is 3.24. The Bertz CT molecular complexity index is 125. The maximum atomic E-state index is 11.1. The molecule has 0 aromatic heterocycles. The molecule has 0 bridgehead atoms. The number of carbonyl (C=O) groups is 1. The Morgan fingerprint density at radius 2 is 2.30 bits per heavy atom. The second-order valence-corrected chi connectivity index (χ2v) is 2.67. The fourth-order valence-electron chi connectivity index (χ4n) is 1.05. The number of likely N-dealkylation sites (N-methyl/N-ethyl adjacent to an activating group) is 1. The third-order valence-corrected chi connectivity index (χ3v) is 1.79. The van der Waals surface area contributed by atoms with E-state index in [1.54, 1.807) is 4.90 Å². The topological polar surface area (TPSA) is 32.3 Å². The number of carbonyl (C=O) groups excluding carboxylic acids is 1. The van der Waals surface area contributed by atoms with Crippen molar-refractivity contribution < 1.29 is 4.79 Å². The molecule has 1 amide bonds. The number of nitrogens with zero attached hydrogens (tertiary/aromatic N) is 1. The lowest BCUT2D eigenvalue weighted by Gasteiger charge is -2.20. The molecule has 1 aliphatic rings. The number of rotatable bonds is 0. The monoisotopic (exact) mass is 142 g/mol. The quantitative estimate of drug-likeness (QED) is 0.509. The molecule has 0 saturated carbocycles. The lowest BCUT2D eigenvalue weighted by atomic mass is 10.2. The molecule has 1 N–H and O–H groups in total. The predicted molar refractivity (Wildman–Crippen MR) is 39.7 cm³/mol. The van der Waals surface area contributed by atoms with Gasteiger partial charge in [-0.2, -0.15) is 0 Å². The molecule has 1 heterocycles. The van der Waals surface area contributed by atoms with Gasteiger partial charge in [-0.25, -0.2) is 0 Å². The molecule has 0 spiro atoms. The maximum absolute atomic E-state index is 11.1. The molecule has 1 aliphatic heterocycles. The third kappa shape index (κ3) is 1.99. The van der Waals surface area contributed by atoms with E-state index >= 15 is 0 Å². The van der Waals surface area contributed by atoms with E-state index < -0.39 is 0 Å². The smallest absolute Gasteiger partial charge is 0.222 e. The van der Waals surface area contributed by atoms with Gasteiger partial charge in [0.2, 0.25) is 5.91 Å². The maximum Gasteiger partial charge on any atom is 0.222 e. The molecule has 3 nitrogen and oxygen atoms in total. The highest BCUT2D eigenvalue weighted by Gasteiger charge is 2.09. The highest BCUT2D eigenvalue weighted by molar-refractivity contribution is 5.75. The highest BCUT2D eigenvalue weighted by atomic mass is 16.2. The molecule has 0 atom stereocenters. The van der Waals surface area contributed by atoms with Crippen molar-refractivity contribution in [1.82, 2.24) is 10.2 Å². The van der Waals surface area contributed by atoms with E-state index in [2.05, 4.69) is 5.32 Å². The second-order valence-electron chi connectivity index (χ2n) is 2.67. The van der Waals surface area contributed by atoms with Crippen LogP contribution in [0.4, 0.5) is 0 Å². The van der Waals surface area contributed by atoms with E-state index in [1.165, 1.54) is 0 Å². The Kier molecular flexibility index (Phi) is 2.68. The zero-order chi connectivity index (χ0) is 7.40. The minimum absolute atomic E-state index is 0.279. The number of hydrogen-bond acceptors (Lipinski definition) is 2. The molecular weight excluding hydrogens is 128 g/mol. The standard InChI is InChI=1S/C7H14N2O/c1-9-6-5-8-4-2-3-7(9)10/h8H,2-6H2,1H3. The zero-order valence-corrected chi connectivity index (χ0v) is 6.39. The third-order valence-electron chi connectivity index (χ3n) is 1.79. The Labute approximate surface area is 61.4 Å². The van der Waals surface area contributed by atoms with Crippen LogP contribution in [0.2, 0.25) is 0 Å². The molecule has 3 heteroatoms. The van der Waals surface area contributed by atoms with Crippen LogP contribution in [0.1, 0.15) is 12.8 Å². The fourth-order valence-corrected chi connectivity index (χ4v) is 1.05. The summed E-state index contributed by atoms with van der Waals surface area (Å²) in [5.41, 5.74) is 0. The summed E-state index contributed by atoms with van der Waals surface area (Å²) in [6.45, 7) is 2.76. The Morgan fingerprint density at radius 3 is 3.10 bits per heavy atom. The lowest BCUT2D eigenvalue weighted by molar-refractivity contribution is -0.130. The van der Waals surface area contributed by atoms with E-state index in [4.69, 9.17) is 0 Å². The van der Waals surface area contributed by atoms with Crippen molar-refractivity contribution in [2.75, 3.05) is 26.7 Å². The van der Waals surface area contributed by atoms with Crippen molar-refractivity contribution in [3.05, 3.63) is 0 Å². The molecule has 58 valence electrons. The van der Waals surface area contributed by atoms with Crippen LogP contribution in [0.15, 0.2) is 0 Å². The minimum Gasteiger partial charge on any atom is -0.344 e. The van der Waals surface area contributed by atoms with E-state index in [-0.39, 0.29) is 5.91 Å². The number of nitrogens with one attached hydrogen (secondary N) is 1. The Balaban J connectivity index is 2.35. The van der Waals surface area contributed by atoms with E-state index in [1.807, 2.05) is 7.05 Å². The Hall–Kier alpha value is -0.570. The summed E-state index contributed by atoms with van der Waals surface area (Å²) < 4.78 is 0. The van der Waals surface area contributed by atoms with Gasteiger partial charge < -0.3 is 10.2 Å². The average molecular weight is 142 g/mol. The highest BCUT2D eigenvalue weighted by Crippen LogP contribution is 1.96. The average Bonchev–Trinajstić information content (AvgIpc) is 1.92. The molecule has 1 rings (SSSR count). The normalized spacial score (nSPS) is 22.1. The second kappa shape index (κ2) is 3.56. The van der Waals surface area contributed by atoms with Gasteiger partial charge >= 0.3 is 0 Å². The summed E-state index contributed by atoms with van der Waals surface area (Å²) in [5.74, 6) is 0.279. The van der Waals surface area contributed by atoms with E-state index in [9.17, 15) is 4.79 Å². The first-order valence-corrected chi connectivity index (χ1v) is 3.75. The Morgan fingerprint density at radius 1 is 1.50 bits per heavy atom. The summed E-state index contributed by atoms with van der Waals surface area (Å²) >= 11 is 0. The predicted octanol–water partition coefficient (Wildman–Crippen LogP) is -0.172. The van der Waals surface area contributed by atoms with Crippen LogP contribution in [-0.2, 0) is 4.79 Å². The van der Waals surface area contributed by atoms with Gasteiger partial charge in [0.15, 0.2) is 0 Å². The molecule has 0 radical (unpaired) electrons. The van der Waals surface area contributed by atoms with E-state index in [0.717, 1.165) is 26.1 Å². The first-order valence-electron chi connectivity index (χ1n) is 3.75. The van der Waals surface area contributed by atoms with Crippen molar-refractivity contribution >= 4 is 5.91 Å². The molecular formula is C7H14N2O. The van der Waals surface area contributed by atoms with Crippen molar-refractivity contribution in [3.8, 4) is 0 Å². The molecule has 10 heavy (non-hydrogen) atoms. The van der Waals surface area contributed by atoms with Crippen LogP contribution in [0.25, 0.3) is 0 Å². The van der Waals surface area contributed by atoms with Crippen molar-refractivity contribution in [2.45, 2.75) is 12.8 Å². The van der Waals surface area contributed by atoms with Gasteiger partial charge in [-0.1, -0.05) is 0 Å². The van der Waals surface area contributed by atoms with Gasteiger partial charge in [-0.3, -0.25) is 4.79 Å². The van der Waals surface area contributed by atoms with Gasteiger partial charge in [-0.15, -0.1) is 0 Å². The SMILES string of the molecule is CN1CCNCCCC1=O. The lowest BCUT2D eigenvalue weighted by Crippen LogP contribution is -2.37. The molecule has 0 aliphatic carbocycles. The van der Waals surface area contributed by atoms with Crippen LogP contribution < -0.4 is 5.32 Å². The van der Waals surface area contributed by atoms with Crippen LogP contribution in [0.5, 0.6) is 0 Å². The molecule has 1 saturated heterocycles. The van der Waals surface area contributed by atoms with Crippen molar-refractivity contribution in [3.63, 3.8) is 0 Å².